The van der Waals surface area contributed by atoms with Gasteiger partial charge in [0.15, 0.2) is 0 Å². The van der Waals surface area contributed by atoms with Crippen LogP contribution in [0.3, 0.4) is 0 Å². The number of benzene rings is 1. The zero-order valence-electron chi connectivity index (χ0n) is 9.57. The third-order valence-electron chi connectivity index (χ3n) is 2.05. The third kappa shape index (κ3) is 3.68. The molecule has 0 aliphatic carbocycles. The highest BCUT2D eigenvalue weighted by atomic mass is 32.2. The molecule has 0 unspecified atom stereocenters. The Bertz CT molecular complexity index is 589. The standard InChI is InChI=1S/C11H12F2N2O2S/c1-8-7-10(15-18(16,17)11(12)13)5-4-9(8)3-2-6-14/h4-5,7,11,15H,6,14H2,1H3. The lowest BCUT2D eigenvalue weighted by Gasteiger charge is -2.08. The number of nitrogens with two attached hydrogens (primary N) is 1. The molecule has 0 heterocycles. The van der Waals surface area contributed by atoms with E-state index in [2.05, 4.69) is 11.8 Å². The Kier molecular flexibility index (Phi) is 4.64. The normalized spacial score (nSPS) is 10.9. The predicted octanol–water partition coefficient (Wildman–Crippen LogP) is 1.27. The summed E-state index contributed by atoms with van der Waals surface area (Å²) in [5.41, 5.74) is 6.64. The van der Waals surface area contributed by atoms with E-state index >= 15 is 0 Å². The SMILES string of the molecule is Cc1cc(NS(=O)(=O)C(F)F)ccc1C#CCN. The average Bonchev–Trinajstić information content (AvgIpc) is 2.27. The van der Waals surface area contributed by atoms with Gasteiger partial charge in [-0.05, 0) is 30.7 Å². The van der Waals surface area contributed by atoms with Crippen molar-refractivity contribution in [2.24, 2.45) is 5.73 Å². The minimum atomic E-state index is -4.64. The highest BCUT2D eigenvalue weighted by Gasteiger charge is 2.23. The van der Waals surface area contributed by atoms with Crippen molar-refractivity contribution >= 4 is 15.7 Å². The first-order chi connectivity index (χ1) is 8.36. The lowest BCUT2D eigenvalue weighted by atomic mass is 10.1. The number of halogens is 2. The van der Waals surface area contributed by atoms with Gasteiger partial charge in [0.1, 0.15) is 0 Å². The number of hydrogen-bond acceptors (Lipinski definition) is 3. The number of hydrogen-bond donors (Lipinski definition) is 2. The van der Waals surface area contributed by atoms with Gasteiger partial charge in [-0.2, -0.15) is 8.78 Å². The van der Waals surface area contributed by atoms with Gasteiger partial charge in [0.05, 0.1) is 6.54 Å². The van der Waals surface area contributed by atoms with Gasteiger partial charge in [-0.3, -0.25) is 4.72 Å². The van der Waals surface area contributed by atoms with Crippen molar-refractivity contribution in [2.45, 2.75) is 12.7 Å². The van der Waals surface area contributed by atoms with E-state index in [0.717, 1.165) is 0 Å². The quantitative estimate of drug-likeness (QED) is 0.815. The van der Waals surface area contributed by atoms with E-state index in [9.17, 15) is 17.2 Å². The third-order valence-corrected chi connectivity index (χ3v) is 3.04. The summed E-state index contributed by atoms with van der Waals surface area (Å²) in [4.78, 5) is 0. The van der Waals surface area contributed by atoms with Crippen LogP contribution in [0.15, 0.2) is 18.2 Å². The van der Waals surface area contributed by atoms with Crippen LogP contribution in [-0.2, 0) is 10.0 Å². The monoisotopic (exact) mass is 274 g/mol. The van der Waals surface area contributed by atoms with Gasteiger partial charge >= 0.3 is 5.76 Å². The van der Waals surface area contributed by atoms with E-state index in [1.54, 1.807) is 17.7 Å². The molecule has 0 saturated heterocycles. The molecular formula is C11H12F2N2O2S. The molecule has 0 aromatic heterocycles. The first-order valence-electron chi connectivity index (χ1n) is 4.96. The first kappa shape index (κ1) is 14.4. The summed E-state index contributed by atoms with van der Waals surface area (Å²) in [6, 6.07) is 4.34. The topological polar surface area (TPSA) is 72.2 Å². The van der Waals surface area contributed by atoms with E-state index in [4.69, 9.17) is 5.73 Å². The van der Waals surface area contributed by atoms with Gasteiger partial charge in [-0.1, -0.05) is 11.8 Å². The molecular weight excluding hydrogens is 262 g/mol. The Morgan fingerprint density at radius 2 is 2.11 bits per heavy atom. The fourth-order valence-corrected chi connectivity index (χ4v) is 1.77. The predicted molar refractivity (Wildman–Crippen MR) is 65.7 cm³/mol. The minimum Gasteiger partial charge on any atom is -0.320 e. The van der Waals surface area contributed by atoms with Crippen molar-refractivity contribution in [3.63, 3.8) is 0 Å². The van der Waals surface area contributed by atoms with Gasteiger partial charge < -0.3 is 5.73 Å². The largest absolute Gasteiger partial charge is 0.355 e. The zero-order valence-corrected chi connectivity index (χ0v) is 10.4. The van der Waals surface area contributed by atoms with Crippen molar-refractivity contribution in [3.8, 4) is 11.8 Å². The summed E-state index contributed by atoms with van der Waals surface area (Å²) in [7, 11) is -4.64. The molecule has 0 atom stereocenters. The maximum absolute atomic E-state index is 12.2. The summed E-state index contributed by atoms with van der Waals surface area (Å²) in [5, 5.41) is 0. The molecule has 0 saturated carbocycles. The van der Waals surface area contributed by atoms with Crippen LogP contribution in [0.4, 0.5) is 14.5 Å². The summed E-state index contributed by atoms with van der Waals surface area (Å²) in [6.07, 6.45) is 0. The van der Waals surface area contributed by atoms with Crippen LogP contribution < -0.4 is 10.5 Å². The highest BCUT2D eigenvalue weighted by molar-refractivity contribution is 7.93. The van der Waals surface area contributed by atoms with Crippen LogP contribution in [-0.4, -0.2) is 20.7 Å². The molecule has 0 bridgehead atoms. The second kappa shape index (κ2) is 5.80. The minimum absolute atomic E-state index is 0.0751. The van der Waals surface area contributed by atoms with E-state index in [-0.39, 0.29) is 12.2 Å². The second-order valence-corrected chi connectivity index (χ2v) is 5.09. The zero-order chi connectivity index (χ0) is 13.8. The van der Waals surface area contributed by atoms with Crippen LogP contribution >= 0.6 is 0 Å². The van der Waals surface area contributed by atoms with E-state index in [1.807, 2.05) is 0 Å². The maximum Gasteiger partial charge on any atom is 0.355 e. The van der Waals surface area contributed by atoms with Crippen molar-refractivity contribution in [1.29, 1.82) is 0 Å². The Morgan fingerprint density at radius 1 is 1.44 bits per heavy atom. The fourth-order valence-electron chi connectivity index (χ4n) is 1.22. The molecule has 0 fully saturated rings. The van der Waals surface area contributed by atoms with Crippen molar-refractivity contribution in [3.05, 3.63) is 29.3 Å². The fraction of sp³-hybridized carbons (Fsp3) is 0.273. The summed E-state index contributed by atoms with van der Waals surface area (Å²) < 4.78 is 48.0. The number of sulfonamides is 1. The highest BCUT2D eigenvalue weighted by Crippen LogP contribution is 2.17. The van der Waals surface area contributed by atoms with Gasteiger partial charge in [0.25, 0.3) is 10.0 Å². The molecule has 1 aromatic carbocycles. The molecule has 1 rings (SSSR count). The molecule has 0 radical (unpaired) electrons. The maximum atomic E-state index is 12.2. The molecule has 1 aromatic rings. The van der Waals surface area contributed by atoms with Gasteiger partial charge in [-0.15, -0.1) is 0 Å². The second-order valence-electron chi connectivity index (χ2n) is 3.44. The Morgan fingerprint density at radius 3 is 2.61 bits per heavy atom. The van der Waals surface area contributed by atoms with Crippen molar-refractivity contribution in [2.75, 3.05) is 11.3 Å². The van der Waals surface area contributed by atoms with Crippen LogP contribution in [0.5, 0.6) is 0 Å². The first-order valence-corrected chi connectivity index (χ1v) is 6.51. The summed E-state index contributed by atoms with van der Waals surface area (Å²) in [6.45, 7) is 1.90. The lowest BCUT2D eigenvalue weighted by molar-refractivity contribution is 0.236. The number of nitrogens with one attached hydrogen (secondary N) is 1. The van der Waals surface area contributed by atoms with Crippen LogP contribution in [0.2, 0.25) is 0 Å². The molecule has 18 heavy (non-hydrogen) atoms. The van der Waals surface area contributed by atoms with E-state index in [1.165, 1.54) is 12.1 Å². The van der Waals surface area contributed by atoms with Crippen molar-refractivity contribution in [1.82, 2.24) is 0 Å². The van der Waals surface area contributed by atoms with Gasteiger partial charge in [0, 0.05) is 11.3 Å². The Labute approximate surface area is 104 Å². The molecule has 98 valence electrons. The summed E-state index contributed by atoms with van der Waals surface area (Å²) >= 11 is 0. The summed E-state index contributed by atoms with van der Waals surface area (Å²) in [5.74, 6) is 1.97. The van der Waals surface area contributed by atoms with Crippen LogP contribution in [0, 0.1) is 18.8 Å². The Hall–Kier alpha value is -1.65. The molecule has 0 aliphatic heterocycles. The molecule has 4 nitrogen and oxygen atoms in total. The number of rotatable bonds is 3. The van der Waals surface area contributed by atoms with Gasteiger partial charge in [-0.25, -0.2) is 8.42 Å². The average molecular weight is 274 g/mol. The number of alkyl halides is 2. The van der Waals surface area contributed by atoms with Crippen molar-refractivity contribution < 1.29 is 17.2 Å². The number of aryl methyl sites for hydroxylation is 1. The van der Waals surface area contributed by atoms with Gasteiger partial charge in [0.2, 0.25) is 0 Å². The van der Waals surface area contributed by atoms with E-state index in [0.29, 0.717) is 11.1 Å². The lowest BCUT2D eigenvalue weighted by Crippen LogP contribution is -2.20. The molecule has 0 aliphatic rings. The van der Waals surface area contributed by atoms with Crippen LogP contribution in [0.1, 0.15) is 11.1 Å². The molecule has 3 N–H and O–H groups in total. The smallest absolute Gasteiger partial charge is 0.320 e. The number of anilines is 1. The Balaban J connectivity index is 2.99. The van der Waals surface area contributed by atoms with E-state index < -0.39 is 15.8 Å². The molecule has 7 heteroatoms. The molecule has 0 spiro atoms. The molecule has 0 amide bonds. The van der Waals surface area contributed by atoms with Crippen LogP contribution in [0.25, 0.3) is 0 Å².